The highest BCUT2D eigenvalue weighted by Crippen LogP contribution is 2.47. The number of aliphatic hydroxyl groups excluding tert-OH is 1. The number of aliphatic hydroxyl groups is 1. The number of carbonyl (C=O) groups excluding carboxylic acids is 1. The Bertz CT molecular complexity index is 718. The molecule has 0 aromatic carbocycles. The second-order valence-corrected chi connectivity index (χ2v) is 10.5. The SMILES string of the molecule is COC(=O)C[C@@H]1O[C@H](/C(C)=C/C=C/[C@@H](C)C[C@@]2(C)O[C@@H]2[C@H](C)[C@@H](OC)[C@@H](C)O)[C@@H](OC)C[C@H]1C. The summed E-state index contributed by atoms with van der Waals surface area (Å²) in [4.78, 5) is 11.8. The third-order valence-electron chi connectivity index (χ3n) is 7.46. The molecule has 34 heavy (non-hydrogen) atoms. The number of allylic oxidation sites excluding steroid dienone is 3. The highest BCUT2D eigenvalue weighted by Gasteiger charge is 2.56. The van der Waals surface area contributed by atoms with Crippen LogP contribution in [-0.2, 0) is 28.5 Å². The van der Waals surface area contributed by atoms with Crippen LogP contribution in [0, 0.1) is 17.8 Å². The van der Waals surface area contributed by atoms with Crippen molar-refractivity contribution in [2.24, 2.45) is 17.8 Å². The molecular weight excluding hydrogens is 436 g/mol. The average molecular weight is 483 g/mol. The Morgan fingerprint density at radius 1 is 1.24 bits per heavy atom. The van der Waals surface area contributed by atoms with Gasteiger partial charge in [-0.2, -0.15) is 0 Å². The van der Waals surface area contributed by atoms with E-state index in [1.807, 2.05) is 6.92 Å². The van der Waals surface area contributed by atoms with Gasteiger partial charge >= 0.3 is 5.97 Å². The van der Waals surface area contributed by atoms with Gasteiger partial charge in [0.05, 0.1) is 49.7 Å². The number of esters is 1. The molecule has 0 amide bonds. The van der Waals surface area contributed by atoms with Gasteiger partial charge in [-0.15, -0.1) is 0 Å². The van der Waals surface area contributed by atoms with Crippen LogP contribution < -0.4 is 0 Å². The summed E-state index contributed by atoms with van der Waals surface area (Å²) in [6, 6.07) is 0. The molecule has 196 valence electrons. The zero-order valence-electron chi connectivity index (χ0n) is 22.4. The molecule has 0 aromatic heterocycles. The third kappa shape index (κ3) is 7.37. The minimum absolute atomic E-state index is 0.0466. The lowest BCUT2D eigenvalue weighted by atomic mass is 9.85. The van der Waals surface area contributed by atoms with E-state index >= 15 is 0 Å². The predicted octanol–water partition coefficient (Wildman–Crippen LogP) is 4.08. The van der Waals surface area contributed by atoms with E-state index in [0.29, 0.717) is 5.92 Å². The topological polar surface area (TPSA) is 86.8 Å². The number of hydrogen-bond acceptors (Lipinski definition) is 7. The van der Waals surface area contributed by atoms with Gasteiger partial charge in [-0.05, 0) is 51.0 Å². The van der Waals surface area contributed by atoms with Crippen molar-refractivity contribution in [1.82, 2.24) is 0 Å². The van der Waals surface area contributed by atoms with Gasteiger partial charge in [0.25, 0.3) is 0 Å². The molecule has 0 aliphatic carbocycles. The maximum absolute atomic E-state index is 11.8. The summed E-state index contributed by atoms with van der Waals surface area (Å²) in [7, 11) is 4.75. The smallest absolute Gasteiger partial charge is 0.308 e. The van der Waals surface area contributed by atoms with E-state index in [1.165, 1.54) is 7.11 Å². The zero-order chi connectivity index (χ0) is 25.6. The standard InChI is InChI=1S/C27H46O7/c1-16(15-27(6)26(34-27)19(4)25(32-9)20(5)28)11-10-12-17(2)24-22(30-7)13-18(3)21(33-24)14-23(29)31-8/h10-12,16,18-22,24-26,28H,13-15H2,1-9H3/b11-10+,17-12+/t16-,18-,19-,20-,21+,22+,24-,25-,26-,27-/m1/s1. The maximum atomic E-state index is 11.8. The molecule has 0 bridgehead atoms. The molecule has 0 radical (unpaired) electrons. The first-order valence-electron chi connectivity index (χ1n) is 12.5. The van der Waals surface area contributed by atoms with Crippen molar-refractivity contribution < 1.29 is 33.6 Å². The van der Waals surface area contributed by atoms with Gasteiger partial charge in [0.15, 0.2) is 0 Å². The second kappa shape index (κ2) is 12.6. The summed E-state index contributed by atoms with van der Waals surface area (Å²) in [6.45, 7) is 12.3. The molecule has 0 saturated carbocycles. The van der Waals surface area contributed by atoms with Crippen LogP contribution in [0.25, 0.3) is 0 Å². The lowest BCUT2D eigenvalue weighted by molar-refractivity contribution is -0.160. The van der Waals surface area contributed by atoms with Crippen LogP contribution in [0.2, 0.25) is 0 Å². The Morgan fingerprint density at radius 3 is 2.47 bits per heavy atom. The fourth-order valence-electron chi connectivity index (χ4n) is 5.48. The summed E-state index contributed by atoms with van der Waals surface area (Å²) < 4.78 is 28.4. The summed E-state index contributed by atoms with van der Waals surface area (Å²) in [6.07, 6.45) is 7.17. The van der Waals surface area contributed by atoms with E-state index in [1.54, 1.807) is 21.1 Å². The minimum atomic E-state index is -0.535. The fraction of sp³-hybridized carbons (Fsp3) is 0.815. The molecule has 0 unspecified atom stereocenters. The van der Waals surface area contributed by atoms with Gasteiger partial charge in [-0.1, -0.05) is 39.0 Å². The molecule has 2 aliphatic heterocycles. The lowest BCUT2D eigenvalue weighted by Crippen LogP contribution is -2.45. The van der Waals surface area contributed by atoms with Crippen molar-refractivity contribution in [3.05, 3.63) is 23.8 Å². The molecule has 1 N–H and O–H groups in total. The Balaban J connectivity index is 1.96. The van der Waals surface area contributed by atoms with Gasteiger partial charge in [0.1, 0.15) is 6.10 Å². The summed E-state index contributed by atoms with van der Waals surface area (Å²) in [5, 5.41) is 9.97. The number of ether oxygens (including phenoxy) is 5. The van der Waals surface area contributed by atoms with Crippen LogP contribution in [0.5, 0.6) is 0 Å². The molecule has 0 spiro atoms. The van der Waals surface area contributed by atoms with Crippen molar-refractivity contribution in [1.29, 1.82) is 0 Å². The van der Waals surface area contributed by atoms with Gasteiger partial charge in [-0.3, -0.25) is 4.79 Å². The van der Waals surface area contributed by atoms with Crippen LogP contribution in [0.4, 0.5) is 0 Å². The average Bonchev–Trinajstić information content (AvgIpc) is 3.44. The van der Waals surface area contributed by atoms with Crippen molar-refractivity contribution >= 4 is 5.97 Å². The third-order valence-corrected chi connectivity index (χ3v) is 7.46. The molecule has 0 aromatic rings. The molecular formula is C27H46O7. The molecule has 2 saturated heterocycles. The van der Waals surface area contributed by atoms with Gasteiger partial charge in [0.2, 0.25) is 0 Å². The Kier molecular flexibility index (Phi) is 10.8. The van der Waals surface area contributed by atoms with Crippen LogP contribution in [0.15, 0.2) is 23.8 Å². The number of rotatable bonds is 12. The minimum Gasteiger partial charge on any atom is -0.469 e. The molecule has 2 heterocycles. The second-order valence-electron chi connectivity index (χ2n) is 10.5. The number of hydrogen-bond donors (Lipinski definition) is 1. The Morgan fingerprint density at radius 2 is 1.91 bits per heavy atom. The van der Waals surface area contributed by atoms with Crippen LogP contribution in [-0.4, -0.2) is 74.6 Å². The number of carbonyl (C=O) groups is 1. The molecule has 7 nitrogen and oxygen atoms in total. The van der Waals surface area contributed by atoms with E-state index in [9.17, 15) is 9.90 Å². The Hall–Kier alpha value is -1.25. The molecule has 2 rings (SSSR count). The molecule has 2 fully saturated rings. The largest absolute Gasteiger partial charge is 0.469 e. The van der Waals surface area contributed by atoms with Gasteiger partial charge < -0.3 is 28.8 Å². The lowest BCUT2D eigenvalue weighted by Gasteiger charge is -2.40. The molecule has 7 heteroatoms. The summed E-state index contributed by atoms with van der Waals surface area (Å²) in [5.74, 6) is 0.389. The van der Waals surface area contributed by atoms with E-state index in [0.717, 1.165) is 18.4 Å². The maximum Gasteiger partial charge on any atom is 0.308 e. The van der Waals surface area contributed by atoms with Crippen molar-refractivity contribution in [3.63, 3.8) is 0 Å². The first-order chi connectivity index (χ1) is 16.0. The van der Waals surface area contributed by atoms with E-state index in [2.05, 4.69) is 45.9 Å². The normalized spacial score (nSPS) is 35.6. The fourth-order valence-corrected chi connectivity index (χ4v) is 5.48. The van der Waals surface area contributed by atoms with E-state index in [4.69, 9.17) is 23.7 Å². The van der Waals surface area contributed by atoms with Gasteiger partial charge in [-0.25, -0.2) is 0 Å². The van der Waals surface area contributed by atoms with Crippen molar-refractivity contribution in [2.45, 2.75) is 103 Å². The van der Waals surface area contributed by atoms with Crippen LogP contribution in [0.3, 0.4) is 0 Å². The summed E-state index contributed by atoms with van der Waals surface area (Å²) >= 11 is 0. The zero-order valence-corrected chi connectivity index (χ0v) is 22.4. The first-order valence-corrected chi connectivity index (χ1v) is 12.5. The van der Waals surface area contributed by atoms with Crippen LogP contribution >= 0.6 is 0 Å². The highest BCUT2D eigenvalue weighted by molar-refractivity contribution is 5.69. The highest BCUT2D eigenvalue weighted by atomic mass is 16.6. The van der Waals surface area contributed by atoms with Crippen molar-refractivity contribution in [2.75, 3.05) is 21.3 Å². The van der Waals surface area contributed by atoms with E-state index < -0.39 is 6.10 Å². The number of methoxy groups -OCH3 is 3. The quantitative estimate of drug-likeness (QED) is 0.255. The number of epoxide rings is 1. The van der Waals surface area contributed by atoms with Crippen molar-refractivity contribution in [3.8, 4) is 0 Å². The monoisotopic (exact) mass is 482 g/mol. The first kappa shape index (κ1) is 29.0. The molecule has 2 aliphatic rings. The van der Waals surface area contributed by atoms with E-state index in [-0.39, 0.29) is 60.3 Å². The predicted molar refractivity (Wildman–Crippen MR) is 131 cm³/mol. The molecule has 10 atom stereocenters. The van der Waals surface area contributed by atoms with Crippen LogP contribution in [0.1, 0.15) is 60.8 Å². The van der Waals surface area contributed by atoms with Gasteiger partial charge in [0, 0.05) is 20.1 Å². The summed E-state index contributed by atoms with van der Waals surface area (Å²) in [5.41, 5.74) is 0.857. The Labute approximate surface area is 205 Å².